The number of benzene rings is 1. The molecule has 1 aromatic carbocycles. The van der Waals surface area contributed by atoms with Crippen molar-refractivity contribution in [3.63, 3.8) is 0 Å². The van der Waals surface area contributed by atoms with Crippen molar-refractivity contribution < 1.29 is 8.42 Å². The molecule has 1 heterocycles. The van der Waals surface area contributed by atoms with Crippen LogP contribution >= 0.6 is 0 Å². The van der Waals surface area contributed by atoms with E-state index in [1.165, 1.54) is 5.41 Å². The summed E-state index contributed by atoms with van der Waals surface area (Å²) in [5.74, 6) is 0. The first kappa shape index (κ1) is 11.4. The second kappa shape index (κ2) is 4.80. The van der Waals surface area contributed by atoms with E-state index in [4.69, 9.17) is 0 Å². The lowest BCUT2D eigenvalue weighted by Crippen LogP contribution is -2.18. The monoisotopic (exact) mass is 237 g/mol. The van der Waals surface area contributed by atoms with Gasteiger partial charge in [-0.1, -0.05) is 24.3 Å². The van der Waals surface area contributed by atoms with E-state index in [1.807, 2.05) is 0 Å². The van der Waals surface area contributed by atoms with Crippen molar-refractivity contribution in [2.24, 2.45) is 0 Å². The molecule has 0 bridgehead atoms. The first-order valence-corrected chi connectivity index (χ1v) is 6.95. The van der Waals surface area contributed by atoms with Gasteiger partial charge in [0.15, 0.2) is 9.84 Å². The van der Waals surface area contributed by atoms with E-state index in [0.29, 0.717) is 4.90 Å². The zero-order chi connectivity index (χ0) is 11.4. The Morgan fingerprint density at radius 2 is 2.00 bits per heavy atom. The molecule has 1 aliphatic heterocycles. The van der Waals surface area contributed by atoms with Gasteiger partial charge in [-0.25, -0.2) is 8.42 Å². The third-order valence-corrected chi connectivity index (χ3v) is 4.10. The molecule has 1 aliphatic rings. The number of hydrogen-bond donors (Lipinski definition) is 1. The molecule has 1 N–H and O–H groups in total. The summed E-state index contributed by atoms with van der Waals surface area (Å²) in [6.07, 6.45) is 3.87. The fraction of sp³-hybridized carbons (Fsp3) is 0.333. The van der Waals surface area contributed by atoms with E-state index in [1.54, 1.807) is 36.4 Å². The first-order chi connectivity index (χ1) is 7.68. The number of hydrogen-bond acceptors (Lipinski definition) is 3. The summed E-state index contributed by atoms with van der Waals surface area (Å²) in [6, 6.07) is 8.70. The molecule has 0 radical (unpaired) electrons. The summed E-state index contributed by atoms with van der Waals surface area (Å²) in [5.41, 5.74) is 0. The van der Waals surface area contributed by atoms with Gasteiger partial charge in [0.1, 0.15) is 0 Å². The van der Waals surface area contributed by atoms with Crippen LogP contribution in [0.15, 0.2) is 46.7 Å². The Hall–Kier alpha value is -1.13. The molecular formula is C12H15NO2S. The maximum absolute atomic E-state index is 11.9. The zero-order valence-corrected chi connectivity index (χ0v) is 9.78. The lowest BCUT2D eigenvalue weighted by molar-refractivity contribution is 0.604. The molecule has 2 rings (SSSR count). The number of sulfone groups is 1. The minimum absolute atomic E-state index is 0.207. The lowest BCUT2D eigenvalue weighted by atomic mass is 10.2. The summed E-state index contributed by atoms with van der Waals surface area (Å²) in [6.45, 7) is 0.973. The minimum Gasteiger partial charge on any atom is -0.310 e. The molecule has 1 atom stereocenters. The molecule has 1 saturated heterocycles. The topological polar surface area (TPSA) is 46.2 Å². The van der Waals surface area contributed by atoms with Crippen LogP contribution in [0.25, 0.3) is 0 Å². The Labute approximate surface area is 96.1 Å². The molecular weight excluding hydrogens is 222 g/mol. The van der Waals surface area contributed by atoms with Crippen molar-refractivity contribution in [2.45, 2.75) is 23.8 Å². The predicted octanol–water partition coefficient (Wildman–Crippen LogP) is 1.73. The van der Waals surface area contributed by atoms with E-state index in [9.17, 15) is 8.42 Å². The quantitative estimate of drug-likeness (QED) is 0.870. The van der Waals surface area contributed by atoms with Crippen LogP contribution < -0.4 is 5.32 Å². The molecule has 0 aromatic heterocycles. The maximum Gasteiger partial charge on any atom is 0.199 e. The van der Waals surface area contributed by atoms with Crippen LogP contribution in [0.4, 0.5) is 0 Å². The fourth-order valence-electron chi connectivity index (χ4n) is 1.76. The first-order valence-electron chi connectivity index (χ1n) is 5.40. The molecule has 0 aliphatic carbocycles. The zero-order valence-electron chi connectivity index (χ0n) is 8.96. The normalized spacial score (nSPS) is 21.6. The van der Waals surface area contributed by atoms with Crippen LogP contribution in [-0.4, -0.2) is 21.0 Å². The van der Waals surface area contributed by atoms with Crippen LogP contribution in [0.5, 0.6) is 0 Å². The van der Waals surface area contributed by atoms with Crippen molar-refractivity contribution in [3.05, 3.63) is 41.8 Å². The molecule has 86 valence electrons. The van der Waals surface area contributed by atoms with E-state index in [2.05, 4.69) is 5.32 Å². The Morgan fingerprint density at radius 3 is 2.62 bits per heavy atom. The molecule has 0 saturated carbocycles. The average molecular weight is 237 g/mol. The highest BCUT2D eigenvalue weighted by molar-refractivity contribution is 7.94. The third-order valence-electron chi connectivity index (χ3n) is 2.66. The standard InChI is InChI=1S/C12H15NO2S/c14-16(15,12-6-2-1-3-7-12)10-8-11-5-4-9-13-11/h1-3,6-8,10-11,13H,4-5,9H2/b10-8+/t11-/m0/s1. The second-order valence-corrected chi connectivity index (χ2v) is 5.72. The van der Waals surface area contributed by atoms with E-state index in [-0.39, 0.29) is 6.04 Å². The number of nitrogens with one attached hydrogen (secondary N) is 1. The fourth-order valence-corrected chi connectivity index (χ4v) is 2.85. The predicted molar refractivity (Wildman–Crippen MR) is 63.8 cm³/mol. The average Bonchev–Trinajstić information content (AvgIpc) is 2.81. The van der Waals surface area contributed by atoms with Crippen molar-refractivity contribution >= 4 is 9.84 Å². The van der Waals surface area contributed by atoms with Gasteiger partial charge in [-0.15, -0.1) is 0 Å². The molecule has 1 fully saturated rings. The number of rotatable bonds is 3. The lowest BCUT2D eigenvalue weighted by Gasteiger charge is -2.03. The van der Waals surface area contributed by atoms with E-state index >= 15 is 0 Å². The van der Waals surface area contributed by atoms with Crippen molar-refractivity contribution in [2.75, 3.05) is 6.54 Å². The van der Waals surface area contributed by atoms with Gasteiger partial charge in [0.05, 0.1) is 4.90 Å². The smallest absolute Gasteiger partial charge is 0.199 e. The minimum atomic E-state index is -3.27. The SMILES string of the molecule is O=S(=O)(/C=C/[C@@H]1CCCN1)c1ccccc1. The Balaban J connectivity index is 2.14. The van der Waals surface area contributed by atoms with Crippen molar-refractivity contribution in [3.8, 4) is 0 Å². The van der Waals surface area contributed by atoms with Gasteiger partial charge in [-0.3, -0.25) is 0 Å². The molecule has 0 unspecified atom stereocenters. The highest BCUT2D eigenvalue weighted by atomic mass is 32.2. The van der Waals surface area contributed by atoms with E-state index < -0.39 is 9.84 Å². The van der Waals surface area contributed by atoms with Crippen LogP contribution in [-0.2, 0) is 9.84 Å². The van der Waals surface area contributed by atoms with Gasteiger partial charge in [-0.2, -0.15) is 0 Å². The Bertz CT molecular complexity index is 459. The van der Waals surface area contributed by atoms with Gasteiger partial charge in [0.25, 0.3) is 0 Å². The molecule has 0 amide bonds. The van der Waals surface area contributed by atoms with Crippen LogP contribution in [0.1, 0.15) is 12.8 Å². The van der Waals surface area contributed by atoms with Crippen LogP contribution in [0, 0.1) is 0 Å². The van der Waals surface area contributed by atoms with Crippen molar-refractivity contribution in [1.29, 1.82) is 0 Å². The largest absolute Gasteiger partial charge is 0.310 e. The van der Waals surface area contributed by atoms with Crippen LogP contribution in [0.2, 0.25) is 0 Å². The Kier molecular flexibility index (Phi) is 3.41. The van der Waals surface area contributed by atoms with Crippen LogP contribution in [0.3, 0.4) is 0 Å². The highest BCUT2D eigenvalue weighted by Crippen LogP contribution is 2.13. The summed E-state index contributed by atoms with van der Waals surface area (Å²) < 4.78 is 23.7. The molecule has 0 spiro atoms. The summed E-state index contributed by atoms with van der Waals surface area (Å²) >= 11 is 0. The summed E-state index contributed by atoms with van der Waals surface area (Å²) in [7, 11) is -3.27. The van der Waals surface area contributed by atoms with E-state index in [0.717, 1.165) is 19.4 Å². The van der Waals surface area contributed by atoms with Crippen molar-refractivity contribution in [1.82, 2.24) is 5.32 Å². The molecule has 1 aromatic rings. The van der Waals surface area contributed by atoms with Gasteiger partial charge >= 0.3 is 0 Å². The van der Waals surface area contributed by atoms with Gasteiger partial charge in [-0.05, 0) is 31.5 Å². The second-order valence-electron chi connectivity index (χ2n) is 3.89. The Morgan fingerprint density at radius 1 is 1.25 bits per heavy atom. The summed E-state index contributed by atoms with van der Waals surface area (Å²) in [5, 5.41) is 4.54. The maximum atomic E-state index is 11.9. The molecule has 3 nitrogen and oxygen atoms in total. The third kappa shape index (κ3) is 2.71. The molecule has 4 heteroatoms. The summed E-state index contributed by atoms with van der Waals surface area (Å²) in [4.78, 5) is 0.351. The van der Waals surface area contributed by atoms with Gasteiger partial charge in [0, 0.05) is 11.4 Å². The van der Waals surface area contributed by atoms with Gasteiger partial charge < -0.3 is 5.32 Å². The highest BCUT2D eigenvalue weighted by Gasteiger charge is 2.13. The van der Waals surface area contributed by atoms with Gasteiger partial charge in [0.2, 0.25) is 0 Å². The molecule has 16 heavy (non-hydrogen) atoms.